The van der Waals surface area contributed by atoms with Crippen LogP contribution in [0.4, 0.5) is 0 Å². The molecule has 3 aromatic carbocycles. The summed E-state index contributed by atoms with van der Waals surface area (Å²) in [5.74, 6) is 0. The second kappa shape index (κ2) is 8.78. The smallest absolute Gasteiger partial charge is 0.251 e. The van der Waals surface area contributed by atoms with E-state index in [2.05, 4.69) is 14.7 Å². The van der Waals surface area contributed by atoms with Gasteiger partial charge in [0.05, 0.1) is 16.2 Å². The lowest BCUT2D eigenvalue weighted by Crippen LogP contribution is -2.30. The van der Waals surface area contributed by atoms with Gasteiger partial charge in [-0.05, 0) is 40.5 Å². The normalized spacial score (nSPS) is 17.5. The Balaban J connectivity index is 1.59. The molecule has 0 fully saturated rings. The second-order valence-corrected chi connectivity index (χ2v) is 10.9. The third-order valence-electron chi connectivity index (χ3n) is 5.77. The molecule has 5 rings (SSSR count). The molecule has 1 heterocycles. The molecule has 0 amide bonds. The van der Waals surface area contributed by atoms with Crippen LogP contribution >= 0.6 is 11.8 Å². The lowest BCUT2D eigenvalue weighted by Gasteiger charge is -2.22. The molecule has 0 saturated carbocycles. The molecule has 0 spiro atoms. The van der Waals surface area contributed by atoms with Gasteiger partial charge in [0.2, 0.25) is 10.0 Å². The fourth-order valence-corrected chi connectivity index (χ4v) is 6.95. The summed E-state index contributed by atoms with van der Waals surface area (Å²) in [6.07, 6.45) is 1.59. The topological polar surface area (TPSA) is 91.9 Å². The van der Waals surface area contributed by atoms with Crippen molar-refractivity contribution in [1.82, 2.24) is 14.7 Å². The molecule has 4 aromatic rings. The van der Waals surface area contributed by atoms with E-state index < -0.39 is 16.1 Å². The van der Waals surface area contributed by atoms with Gasteiger partial charge in [-0.15, -0.1) is 0 Å². The summed E-state index contributed by atoms with van der Waals surface area (Å²) in [4.78, 5) is 19.9. The average molecular weight is 478 g/mol. The average Bonchev–Trinajstić information content (AvgIpc) is 3.08. The van der Waals surface area contributed by atoms with Gasteiger partial charge in [0.1, 0.15) is 0 Å². The number of aryl methyl sites for hydroxylation is 1. The van der Waals surface area contributed by atoms with Crippen LogP contribution < -0.4 is 10.3 Å². The summed E-state index contributed by atoms with van der Waals surface area (Å²) < 4.78 is 29.4. The molecule has 0 bridgehead atoms. The lowest BCUT2D eigenvalue weighted by molar-refractivity contribution is 0.557. The van der Waals surface area contributed by atoms with Crippen LogP contribution in [0.2, 0.25) is 0 Å². The van der Waals surface area contributed by atoms with Gasteiger partial charge in [-0.1, -0.05) is 79.7 Å². The van der Waals surface area contributed by atoms with Gasteiger partial charge in [0.15, 0.2) is 5.16 Å². The fraction of sp³-hybridized carbons (Fsp3) is 0.200. The molecular weight excluding hydrogens is 454 g/mol. The van der Waals surface area contributed by atoms with Gasteiger partial charge in [-0.2, -0.15) is 0 Å². The van der Waals surface area contributed by atoms with Crippen LogP contribution in [-0.2, 0) is 16.4 Å². The van der Waals surface area contributed by atoms with E-state index in [1.165, 1.54) is 17.8 Å². The van der Waals surface area contributed by atoms with Gasteiger partial charge in [0, 0.05) is 11.8 Å². The van der Waals surface area contributed by atoms with Crippen LogP contribution in [0.5, 0.6) is 0 Å². The number of aromatic amines is 1. The standard InChI is InChI=1S/C25H23N3O3S2/c1-2-8-17-15-21(29)27-25(26-17)32-24-20-14-7-10-16-9-6-13-19(22(16)20)23(24)28-33(30,31)18-11-4-3-5-12-18/h3-7,9-15,23-24,28H,2,8H2,1H3,(H,26,27,29)/t23-,24-/m1/s1. The number of hydrogen-bond donors (Lipinski definition) is 2. The Kier molecular flexibility index (Phi) is 5.82. The van der Waals surface area contributed by atoms with E-state index in [1.54, 1.807) is 30.3 Å². The Labute approximate surface area is 196 Å². The minimum Gasteiger partial charge on any atom is -0.301 e. The van der Waals surface area contributed by atoms with E-state index in [0.29, 0.717) is 11.6 Å². The van der Waals surface area contributed by atoms with Crippen LogP contribution in [0, 0.1) is 0 Å². The molecule has 2 atom stereocenters. The summed E-state index contributed by atoms with van der Waals surface area (Å²) in [5.41, 5.74) is 2.48. The van der Waals surface area contributed by atoms with Crippen molar-refractivity contribution in [3.63, 3.8) is 0 Å². The minimum absolute atomic E-state index is 0.203. The van der Waals surface area contributed by atoms with Crippen LogP contribution in [0.3, 0.4) is 0 Å². The summed E-state index contributed by atoms with van der Waals surface area (Å²) in [7, 11) is -3.76. The van der Waals surface area contributed by atoms with Crippen molar-refractivity contribution in [2.24, 2.45) is 0 Å². The van der Waals surface area contributed by atoms with Crippen molar-refractivity contribution in [1.29, 1.82) is 0 Å². The van der Waals surface area contributed by atoms with E-state index >= 15 is 0 Å². The maximum Gasteiger partial charge on any atom is 0.251 e. The highest BCUT2D eigenvalue weighted by atomic mass is 32.2. The van der Waals surface area contributed by atoms with Gasteiger partial charge >= 0.3 is 0 Å². The molecule has 33 heavy (non-hydrogen) atoms. The Hall–Kier alpha value is -2.94. The van der Waals surface area contributed by atoms with Crippen LogP contribution in [-0.4, -0.2) is 18.4 Å². The van der Waals surface area contributed by atoms with E-state index in [9.17, 15) is 13.2 Å². The van der Waals surface area contributed by atoms with E-state index in [4.69, 9.17) is 0 Å². The van der Waals surface area contributed by atoms with Crippen molar-refractivity contribution >= 4 is 32.6 Å². The SMILES string of the molecule is CCCc1cc(=O)[nH]c(S[C@@H]2c3cccc4cccc(c34)[C@H]2NS(=O)(=O)c2ccccc2)n1. The highest BCUT2D eigenvalue weighted by Crippen LogP contribution is 2.52. The highest BCUT2D eigenvalue weighted by Gasteiger charge is 2.38. The molecular formula is C25H23N3O3S2. The maximum absolute atomic E-state index is 13.3. The molecule has 168 valence electrons. The van der Waals surface area contributed by atoms with Crippen LogP contribution in [0.25, 0.3) is 10.8 Å². The molecule has 0 aliphatic heterocycles. The quantitative estimate of drug-likeness (QED) is 0.375. The molecule has 1 aromatic heterocycles. The number of benzene rings is 3. The summed E-state index contributed by atoms with van der Waals surface area (Å²) in [5, 5.41) is 2.30. The first-order valence-corrected chi connectivity index (χ1v) is 13.2. The van der Waals surface area contributed by atoms with Crippen molar-refractivity contribution in [3.8, 4) is 0 Å². The Morgan fingerprint density at radius 1 is 1.00 bits per heavy atom. The Morgan fingerprint density at radius 2 is 1.73 bits per heavy atom. The predicted molar refractivity (Wildman–Crippen MR) is 131 cm³/mol. The zero-order chi connectivity index (χ0) is 23.0. The number of nitrogens with zero attached hydrogens (tertiary/aromatic N) is 1. The van der Waals surface area contributed by atoms with Gasteiger partial charge in [-0.3, -0.25) is 4.79 Å². The Morgan fingerprint density at radius 3 is 2.45 bits per heavy atom. The molecule has 2 N–H and O–H groups in total. The first kappa shape index (κ1) is 21.9. The monoisotopic (exact) mass is 477 g/mol. The van der Waals surface area contributed by atoms with Crippen LogP contribution in [0.15, 0.2) is 87.6 Å². The van der Waals surface area contributed by atoms with E-state index in [0.717, 1.165) is 34.0 Å². The zero-order valence-electron chi connectivity index (χ0n) is 18.0. The number of thioether (sulfide) groups is 1. The fourth-order valence-electron chi connectivity index (χ4n) is 4.37. The summed E-state index contributed by atoms with van der Waals surface area (Å²) in [6, 6.07) is 21.3. The van der Waals surface area contributed by atoms with Crippen molar-refractivity contribution in [2.75, 3.05) is 0 Å². The van der Waals surface area contributed by atoms with Crippen molar-refractivity contribution < 1.29 is 8.42 Å². The third kappa shape index (κ3) is 4.21. The largest absolute Gasteiger partial charge is 0.301 e. The first-order chi connectivity index (χ1) is 16.0. The molecule has 6 nitrogen and oxygen atoms in total. The number of hydrogen-bond acceptors (Lipinski definition) is 5. The van der Waals surface area contributed by atoms with Gasteiger partial charge in [-0.25, -0.2) is 18.1 Å². The minimum atomic E-state index is -3.76. The number of nitrogens with one attached hydrogen (secondary N) is 2. The molecule has 0 unspecified atom stereocenters. The van der Waals surface area contributed by atoms with Gasteiger partial charge in [0.25, 0.3) is 5.56 Å². The molecule has 0 radical (unpaired) electrons. The highest BCUT2D eigenvalue weighted by molar-refractivity contribution is 7.99. The van der Waals surface area contributed by atoms with Crippen molar-refractivity contribution in [2.45, 2.75) is 41.1 Å². The van der Waals surface area contributed by atoms with Crippen LogP contribution in [0.1, 0.15) is 41.5 Å². The van der Waals surface area contributed by atoms with Gasteiger partial charge < -0.3 is 4.98 Å². The summed E-state index contributed by atoms with van der Waals surface area (Å²) in [6.45, 7) is 2.04. The molecule has 0 saturated heterocycles. The molecule has 8 heteroatoms. The molecule has 1 aliphatic rings. The maximum atomic E-state index is 13.3. The molecule has 1 aliphatic carbocycles. The number of H-pyrrole nitrogens is 1. The Bertz CT molecular complexity index is 1480. The predicted octanol–water partition coefficient (Wildman–Crippen LogP) is 4.74. The van der Waals surface area contributed by atoms with Crippen molar-refractivity contribution in [3.05, 3.63) is 100.0 Å². The third-order valence-corrected chi connectivity index (χ3v) is 8.42. The summed E-state index contributed by atoms with van der Waals surface area (Å²) >= 11 is 1.39. The lowest BCUT2D eigenvalue weighted by atomic mass is 10.1. The second-order valence-electron chi connectivity index (χ2n) is 8.03. The number of sulfonamides is 1. The van der Waals surface area contributed by atoms with E-state index in [-0.39, 0.29) is 15.7 Å². The number of rotatable bonds is 7. The zero-order valence-corrected chi connectivity index (χ0v) is 19.6. The first-order valence-electron chi connectivity index (χ1n) is 10.8. The number of aromatic nitrogens is 2. The van der Waals surface area contributed by atoms with E-state index in [1.807, 2.05) is 43.3 Å².